The van der Waals surface area contributed by atoms with Gasteiger partial charge in [-0.2, -0.15) is 0 Å². The molecule has 2 aliphatic heterocycles. The van der Waals surface area contributed by atoms with Gasteiger partial charge in [0.2, 0.25) is 5.91 Å². The van der Waals surface area contributed by atoms with Gasteiger partial charge in [0.05, 0.1) is 12.1 Å². The zero-order chi connectivity index (χ0) is 23.5. The van der Waals surface area contributed by atoms with E-state index in [1.807, 2.05) is 39.1 Å². The Morgan fingerprint density at radius 2 is 1.88 bits per heavy atom. The molecule has 2 N–H and O–H groups in total. The molecule has 0 spiro atoms. The fourth-order valence-corrected chi connectivity index (χ4v) is 4.69. The molecule has 2 amide bonds. The second kappa shape index (κ2) is 9.79. The number of fused-ring (bicyclic) bond motifs is 1. The quantitative estimate of drug-likeness (QED) is 0.740. The molecular weight excluding hydrogens is 418 g/mol. The maximum absolute atomic E-state index is 12.4. The van der Waals surface area contributed by atoms with Gasteiger partial charge in [0, 0.05) is 56.6 Å². The number of amides is 2. The van der Waals surface area contributed by atoms with Crippen LogP contribution in [0, 0.1) is 0 Å². The Kier molecular flexibility index (Phi) is 6.83. The summed E-state index contributed by atoms with van der Waals surface area (Å²) >= 11 is 0. The van der Waals surface area contributed by atoms with E-state index < -0.39 is 6.09 Å². The van der Waals surface area contributed by atoms with E-state index in [2.05, 4.69) is 33.7 Å². The average Bonchev–Trinajstić information content (AvgIpc) is 2.79. The number of carbonyl (C=O) groups excluding carboxylic acids is 2. The molecule has 3 heterocycles. The van der Waals surface area contributed by atoms with Crippen molar-refractivity contribution < 1.29 is 14.3 Å². The first-order chi connectivity index (χ1) is 15.8. The molecule has 0 radical (unpaired) electrons. The largest absolute Gasteiger partial charge is 0.447 e. The number of anilines is 2. The minimum atomic E-state index is -0.447. The van der Waals surface area contributed by atoms with E-state index in [0.717, 1.165) is 54.4 Å². The molecule has 2 aromatic rings. The van der Waals surface area contributed by atoms with Crippen molar-refractivity contribution in [1.82, 2.24) is 15.6 Å². The van der Waals surface area contributed by atoms with E-state index in [1.54, 1.807) is 11.8 Å². The molecule has 2 atom stereocenters. The van der Waals surface area contributed by atoms with Crippen molar-refractivity contribution in [1.29, 1.82) is 0 Å². The summed E-state index contributed by atoms with van der Waals surface area (Å²) in [6.07, 6.45) is 1.86. The summed E-state index contributed by atoms with van der Waals surface area (Å²) in [4.78, 5) is 33.5. The number of hydrogen-bond acceptors (Lipinski definition) is 6. The van der Waals surface area contributed by atoms with Gasteiger partial charge in [-0.1, -0.05) is 6.07 Å². The highest BCUT2D eigenvalue weighted by Gasteiger charge is 2.33. The Balaban J connectivity index is 1.64. The summed E-state index contributed by atoms with van der Waals surface area (Å²) in [7, 11) is 0. The molecule has 1 saturated heterocycles. The highest BCUT2D eigenvalue weighted by molar-refractivity contribution is 5.94. The van der Waals surface area contributed by atoms with E-state index in [9.17, 15) is 9.59 Å². The molecule has 8 nitrogen and oxygen atoms in total. The van der Waals surface area contributed by atoms with Crippen molar-refractivity contribution in [2.45, 2.75) is 52.3 Å². The van der Waals surface area contributed by atoms with E-state index in [0.29, 0.717) is 6.42 Å². The number of pyridine rings is 1. The molecule has 8 heteroatoms. The molecule has 0 saturated carbocycles. The number of aromatic nitrogens is 1. The minimum absolute atomic E-state index is 0.0123. The number of alkyl carbamates (subject to hydrolysis) is 1. The summed E-state index contributed by atoms with van der Waals surface area (Å²) in [5.41, 5.74) is 3.72. The zero-order valence-corrected chi connectivity index (χ0v) is 19.8. The maximum atomic E-state index is 12.4. The van der Waals surface area contributed by atoms with Gasteiger partial charge in [0.1, 0.15) is 5.82 Å². The van der Waals surface area contributed by atoms with E-state index >= 15 is 0 Å². The fourth-order valence-electron chi connectivity index (χ4n) is 4.69. The summed E-state index contributed by atoms with van der Waals surface area (Å²) < 4.78 is 5.31. The number of ether oxygens (including phenoxy) is 1. The summed E-state index contributed by atoms with van der Waals surface area (Å²) in [6, 6.07) is 9.89. The lowest BCUT2D eigenvalue weighted by Crippen LogP contribution is -2.45. The van der Waals surface area contributed by atoms with Crippen LogP contribution in [0.3, 0.4) is 0 Å². The van der Waals surface area contributed by atoms with Gasteiger partial charge in [0.25, 0.3) is 0 Å². The monoisotopic (exact) mass is 451 g/mol. The van der Waals surface area contributed by atoms with Crippen LogP contribution >= 0.6 is 0 Å². The Morgan fingerprint density at radius 3 is 2.52 bits per heavy atom. The first-order valence-electron chi connectivity index (χ1n) is 11.7. The number of rotatable bonds is 4. The summed E-state index contributed by atoms with van der Waals surface area (Å²) in [5, 5.41) is 6.36. The smallest absolute Gasteiger partial charge is 0.407 e. The van der Waals surface area contributed by atoms with Gasteiger partial charge >= 0.3 is 6.09 Å². The van der Waals surface area contributed by atoms with Crippen LogP contribution in [-0.4, -0.2) is 55.3 Å². The molecule has 0 aliphatic carbocycles. The van der Waals surface area contributed by atoms with E-state index in [1.165, 1.54) is 0 Å². The molecule has 0 bridgehead atoms. The third-order valence-electron chi connectivity index (χ3n) is 6.18. The second-order valence-electron chi connectivity index (χ2n) is 9.04. The molecule has 4 rings (SSSR count). The first-order valence-corrected chi connectivity index (χ1v) is 11.7. The molecule has 0 unspecified atom stereocenters. The molecule has 1 fully saturated rings. The van der Waals surface area contributed by atoms with Crippen LogP contribution in [0.4, 0.5) is 16.3 Å². The molecule has 1 aromatic heterocycles. The first kappa shape index (κ1) is 23.0. The topological polar surface area (TPSA) is 86.8 Å². The SMILES string of the molecule is CC(=O)N1c2ccc(-c3ccc(N4CCNCC4)nc3)cc2[C@@H](NC(=O)OC(C)C)C[C@H]1C. The summed E-state index contributed by atoms with van der Waals surface area (Å²) in [5.74, 6) is 0.965. The van der Waals surface area contributed by atoms with Crippen molar-refractivity contribution in [2.75, 3.05) is 36.0 Å². The number of benzene rings is 1. The third kappa shape index (κ3) is 5.11. The van der Waals surface area contributed by atoms with Gasteiger partial charge in [-0.05, 0) is 62.6 Å². The van der Waals surface area contributed by atoms with Crippen LogP contribution in [-0.2, 0) is 9.53 Å². The van der Waals surface area contributed by atoms with Crippen molar-refractivity contribution in [2.24, 2.45) is 0 Å². The van der Waals surface area contributed by atoms with Crippen LogP contribution in [0.5, 0.6) is 0 Å². The zero-order valence-electron chi connectivity index (χ0n) is 19.8. The second-order valence-corrected chi connectivity index (χ2v) is 9.04. The molecule has 176 valence electrons. The van der Waals surface area contributed by atoms with Crippen molar-refractivity contribution in [3.05, 3.63) is 42.1 Å². The summed E-state index contributed by atoms with van der Waals surface area (Å²) in [6.45, 7) is 11.1. The lowest BCUT2D eigenvalue weighted by Gasteiger charge is -2.39. The Bertz CT molecular complexity index is 1000. The standard InChI is InChI=1S/C25H33N5O3/c1-16(2)33-25(32)28-22-13-17(3)30(18(4)31)23-7-5-19(14-21(22)23)20-6-8-24(27-15-20)29-11-9-26-10-12-29/h5-8,14-17,22,26H,9-13H2,1-4H3,(H,28,32)/t17-,22+/m1/s1. The van der Waals surface area contributed by atoms with E-state index in [-0.39, 0.29) is 24.1 Å². The highest BCUT2D eigenvalue weighted by Crippen LogP contribution is 2.39. The van der Waals surface area contributed by atoms with Crippen LogP contribution in [0.15, 0.2) is 36.5 Å². The Labute approximate surface area is 195 Å². The molecular formula is C25H33N5O3. The van der Waals surface area contributed by atoms with Crippen LogP contribution in [0.1, 0.15) is 45.7 Å². The van der Waals surface area contributed by atoms with E-state index in [4.69, 9.17) is 9.72 Å². The van der Waals surface area contributed by atoms with Gasteiger partial charge < -0.3 is 25.2 Å². The lowest BCUT2D eigenvalue weighted by atomic mass is 9.89. The normalized spacial score (nSPS) is 20.4. The Morgan fingerprint density at radius 1 is 1.15 bits per heavy atom. The molecule has 2 aliphatic rings. The third-order valence-corrected chi connectivity index (χ3v) is 6.18. The number of nitrogens with one attached hydrogen (secondary N) is 2. The predicted molar refractivity (Wildman–Crippen MR) is 129 cm³/mol. The molecule has 33 heavy (non-hydrogen) atoms. The van der Waals surface area contributed by atoms with Crippen LogP contribution in [0.25, 0.3) is 11.1 Å². The highest BCUT2D eigenvalue weighted by atomic mass is 16.6. The number of piperazine rings is 1. The van der Waals surface area contributed by atoms with Crippen LogP contribution < -0.4 is 20.4 Å². The van der Waals surface area contributed by atoms with Crippen molar-refractivity contribution in [3.8, 4) is 11.1 Å². The maximum Gasteiger partial charge on any atom is 0.407 e. The minimum Gasteiger partial charge on any atom is -0.447 e. The number of nitrogens with zero attached hydrogens (tertiary/aromatic N) is 3. The number of carbonyl (C=O) groups is 2. The predicted octanol–water partition coefficient (Wildman–Crippen LogP) is 3.48. The fraction of sp³-hybridized carbons (Fsp3) is 0.480. The lowest BCUT2D eigenvalue weighted by molar-refractivity contribution is -0.117. The molecule has 1 aromatic carbocycles. The van der Waals surface area contributed by atoms with Crippen molar-refractivity contribution in [3.63, 3.8) is 0 Å². The van der Waals surface area contributed by atoms with Gasteiger partial charge in [-0.25, -0.2) is 9.78 Å². The van der Waals surface area contributed by atoms with Gasteiger partial charge in [-0.15, -0.1) is 0 Å². The van der Waals surface area contributed by atoms with Gasteiger partial charge in [0.15, 0.2) is 0 Å². The Hall–Kier alpha value is -3.13. The van der Waals surface area contributed by atoms with Crippen LogP contribution in [0.2, 0.25) is 0 Å². The number of hydrogen-bond donors (Lipinski definition) is 2. The average molecular weight is 452 g/mol. The van der Waals surface area contributed by atoms with Gasteiger partial charge in [-0.3, -0.25) is 4.79 Å². The van der Waals surface area contributed by atoms with Crippen molar-refractivity contribution >= 4 is 23.5 Å².